The summed E-state index contributed by atoms with van der Waals surface area (Å²) in [5.74, 6) is 0.552. The first kappa shape index (κ1) is 20.7. The minimum Gasteiger partial charge on any atom is -0.486 e. The van der Waals surface area contributed by atoms with Crippen molar-refractivity contribution < 1.29 is 9.13 Å². The van der Waals surface area contributed by atoms with Crippen LogP contribution >= 0.6 is 22.7 Å². The summed E-state index contributed by atoms with van der Waals surface area (Å²) >= 11 is 3.11. The maximum Gasteiger partial charge on any atom is 0.189 e. The van der Waals surface area contributed by atoms with Crippen LogP contribution in [0.25, 0.3) is 10.4 Å². The third-order valence-corrected chi connectivity index (χ3v) is 7.56. The van der Waals surface area contributed by atoms with Gasteiger partial charge in [0.25, 0.3) is 0 Å². The number of hydrogen-bond acceptors (Lipinski definition) is 8. The molecule has 1 fully saturated rings. The predicted octanol–water partition coefficient (Wildman–Crippen LogP) is 5.22. The summed E-state index contributed by atoms with van der Waals surface area (Å²) in [4.78, 5) is 12.4. The van der Waals surface area contributed by atoms with E-state index >= 15 is 0 Å². The van der Waals surface area contributed by atoms with Gasteiger partial charge >= 0.3 is 0 Å². The Kier molecular flexibility index (Phi) is 5.81. The number of rotatable bonds is 5. The van der Waals surface area contributed by atoms with Gasteiger partial charge in [0.1, 0.15) is 6.61 Å². The normalized spacial score (nSPS) is 17.0. The molecule has 6 nitrogen and oxygen atoms in total. The Hall–Kier alpha value is -2.23. The van der Waals surface area contributed by atoms with E-state index < -0.39 is 0 Å². The monoisotopic (exact) mass is 459 g/mol. The summed E-state index contributed by atoms with van der Waals surface area (Å²) in [5, 5.41) is 10.5. The molecule has 0 atom stereocenters. The van der Waals surface area contributed by atoms with E-state index in [1.54, 1.807) is 23.6 Å². The highest BCUT2D eigenvalue weighted by Crippen LogP contribution is 2.41. The first-order valence-electron chi connectivity index (χ1n) is 10.7. The van der Waals surface area contributed by atoms with Crippen molar-refractivity contribution in [3.8, 4) is 16.2 Å². The number of halogens is 1. The second-order valence-electron chi connectivity index (χ2n) is 8.20. The van der Waals surface area contributed by atoms with Gasteiger partial charge in [-0.05, 0) is 57.5 Å². The Balaban J connectivity index is 1.36. The Morgan fingerprint density at radius 2 is 2.10 bits per heavy atom. The summed E-state index contributed by atoms with van der Waals surface area (Å²) in [7, 11) is 0. The number of hydrogen-bond donors (Lipinski definition) is 2. The maximum atomic E-state index is 14.8. The van der Waals surface area contributed by atoms with Crippen LogP contribution in [0.4, 0.5) is 20.3 Å². The molecular weight excluding hydrogens is 433 g/mol. The number of anilines is 3. The lowest BCUT2D eigenvalue weighted by atomic mass is 9.96. The minimum atomic E-state index is -0.327. The number of benzene rings is 1. The lowest BCUT2D eigenvalue weighted by Crippen LogP contribution is -2.38. The molecule has 0 saturated carbocycles. The van der Waals surface area contributed by atoms with Crippen LogP contribution in [-0.2, 0) is 0 Å². The van der Waals surface area contributed by atoms with Gasteiger partial charge in [0, 0.05) is 23.5 Å². The Morgan fingerprint density at radius 1 is 1.26 bits per heavy atom. The van der Waals surface area contributed by atoms with Gasteiger partial charge in [-0.15, -0.1) is 11.3 Å². The van der Waals surface area contributed by atoms with Crippen LogP contribution in [0.3, 0.4) is 0 Å². The molecule has 164 valence electrons. The zero-order valence-corrected chi connectivity index (χ0v) is 19.3. The lowest BCUT2D eigenvalue weighted by Gasteiger charge is -2.34. The summed E-state index contributed by atoms with van der Waals surface area (Å²) in [5.41, 5.74) is 2.79. The molecule has 0 bridgehead atoms. The molecule has 0 unspecified atom stereocenters. The second kappa shape index (κ2) is 8.72. The summed E-state index contributed by atoms with van der Waals surface area (Å²) in [6, 6.07) is 3.82. The topological polar surface area (TPSA) is 62.3 Å². The highest BCUT2D eigenvalue weighted by atomic mass is 32.1. The maximum absolute atomic E-state index is 14.8. The molecule has 31 heavy (non-hydrogen) atoms. The van der Waals surface area contributed by atoms with E-state index in [9.17, 15) is 4.39 Å². The standard InChI is InChI=1S/C22H26FN5OS2/c1-13(2)28-7-8-29-20-16(23)9-15(10-18(20)28)19-11-25-21(31-19)27-22-26-17(12-30-22)14-3-5-24-6-4-14/h9-14,24H,3-8H2,1-2H3,(H,25,26,27). The Labute approximate surface area is 189 Å². The molecule has 0 aliphatic carbocycles. The molecule has 2 aliphatic heterocycles. The van der Waals surface area contributed by atoms with Gasteiger partial charge in [0.15, 0.2) is 21.8 Å². The van der Waals surface area contributed by atoms with Gasteiger partial charge in [-0.25, -0.2) is 14.4 Å². The SMILES string of the molecule is CC(C)N1CCOc2c(F)cc(-c3cnc(Nc4nc(C5CCNCC5)cs4)s3)cc21. The van der Waals surface area contributed by atoms with Crippen molar-refractivity contribution in [3.05, 3.63) is 35.2 Å². The molecule has 3 aromatic rings. The number of nitrogens with one attached hydrogen (secondary N) is 2. The van der Waals surface area contributed by atoms with Crippen LogP contribution in [0, 0.1) is 5.82 Å². The van der Waals surface area contributed by atoms with Crippen molar-refractivity contribution >= 4 is 38.6 Å². The Morgan fingerprint density at radius 3 is 2.90 bits per heavy atom. The van der Waals surface area contributed by atoms with Gasteiger partial charge in [0.2, 0.25) is 0 Å². The molecule has 0 amide bonds. The predicted molar refractivity (Wildman–Crippen MR) is 126 cm³/mol. The van der Waals surface area contributed by atoms with Crippen LogP contribution in [0.2, 0.25) is 0 Å². The highest BCUT2D eigenvalue weighted by Gasteiger charge is 2.25. The molecule has 2 aromatic heterocycles. The summed E-state index contributed by atoms with van der Waals surface area (Å²) in [6.45, 7) is 7.59. The van der Waals surface area contributed by atoms with Crippen molar-refractivity contribution in [1.29, 1.82) is 0 Å². The fourth-order valence-corrected chi connectivity index (χ4v) is 5.84. The zero-order chi connectivity index (χ0) is 21.4. The van der Waals surface area contributed by atoms with E-state index in [4.69, 9.17) is 9.72 Å². The van der Waals surface area contributed by atoms with Gasteiger partial charge in [0.05, 0.1) is 22.8 Å². The van der Waals surface area contributed by atoms with Crippen LogP contribution < -0.4 is 20.3 Å². The highest BCUT2D eigenvalue weighted by molar-refractivity contribution is 7.19. The van der Waals surface area contributed by atoms with Crippen LogP contribution in [0.1, 0.15) is 38.3 Å². The second-order valence-corrected chi connectivity index (χ2v) is 10.1. The number of aromatic nitrogens is 2. The number of fused-ring (bicyclic) bond motifs is 1. The summed E-state index contributed by atoms with van der Waals surface area (Å²) in [6.07, 6.45) is 4.05. The molecule has 2 N–H and O–H groups in total. The van der Waals surface area contributed by atoms with Crippen molar-refractivity contribution in [3.63, 3.8) is 0 Å². The van der Waals surface area contributed by atoms with Crippen molar-refractivity contribution in [2.75, 3.05) is 36.5 Å². The number of piperidine rings is 1. The number of thiazole rings is 2. The minimum absolute atomic E-state index is 0.273. The first-order chi connectivity index (χ1) is 15.1. The first-order valence-corrected chi connectivity index (χ1v) is 12.4. The van der Waals surface area contributed by atoms with Crippen molar-refractivity contribution in [1.82, 2.24) is 15.3 Å². The number of nitrogens with zero attached hydrogens (tertiary/aromatic N) is 3. The van der Waals surface area contributed by atoms with Crippen LogP contribution in [0.15, 0.2) is 23.7 Å². The fraction of sp³-hybridized carbons (Fsp3) is 0.455. The van der Waals surface area contributed by atoms with Crippen LogP contribution in [-0.4, -0.2) is 42.3 Å². The summed E-state index contributed by atoms with van der Waals surface area (Å²) < 4.78 is 20.4. The molecule has 9 heteroatoms. The van der Waals surface area contributed by atoms with E-state index in [2.05, 4.69) is 39.7 Å². The molecular formula is C22H26FN5OS2. The molecule has 4 heterocycles. The van der Waals surface area contributed by atoms with E-state index in [-0.39, 0.29) is 11.9 Å². The molecule has 1 saturated heterocycles. The van der Waals surface area contributed by atoms with Crippen molar-refractivity contribution in [2.45, 2.75) is 38.6 Å². The van der Waals surface area contributed by atoms with Gasteiger partial charge < -0.3 is 20.3 Å². The van der Waals surface area contributed by atoms with Crippen LogP contribution in [0.5, 0.6) is 5.75 Å². The van der Waals surface area contributed by atoms with Gasteiger partial charge in [-0.2, -0.15) is 0 Å². The Bertz CT molecular complexity index is 1060. The molecule has 2 aliphatic rings. The number of ether oxygens (including phenoxy) is 1. The average molecular weight is 460 g/mol. The van der Waals surface area contributed by atoms with Gasteiger partial charge in [-0.1, -0.05) is 11.3 Å². The van der Waals surface area contributed by atoms with Crippen molar-refractivity contribution in [2.24, 2.45) is 0 Å². The van der Waals surface area contributed by atoms with E-state index in [1.165, 1.54) is 11.3 Å². The smallest absolute Gasteiger partial charge is 0.189 e. The lowest BCUT2D eigenvalue weighted by molar-refractivity contribution is 0.287. The van der Waals surface area contributed by atoms with E-state index in [0.717, 1.165) is 64.6 Å². The fourth-order valence-electron chi connectivity index (χ4n) is 4.19. The average Bonchev–Trinajstić information content (AvgIpc) is 3.44. The molecule has 0 radical (unpaired) electrons. The largest absolute Gasteiger partial charge is 0.486 e. The zero-order valence-electron chi connectivity index (χ0n) is 17.7. The molecule has 1 aromatic carbocycles. The third-order valence-electron chi connectivity index (χ3n) is 5.82. The van der Waals surface area contributed by atoms with Gasteiger partial charge in [-0.3, -0.25) is 0 Å². The van der Waals surface area contributed by atoms with E-state index in [1.807, 2.05) is 6.07 Å². The third kappa shape index (κ3) is 4.26. The molecule has 0 spiro atoms. The quantitative estimate of drug-likeness (QED) is 0.545. The molecule has 5 rings (SSSR count). The van der Waals surface area contributed by atoms with E-state index in [0.29, 0.717) is 18.3 Å².